The van der Waals surface area contributed by atoms with Gasteiger partial charge in [-0.15, -0.1) is 0 Å². The Kier molecular flexibility index (Phi) is 3.62. The molecule has 3 rings (SSSR count). The minimum atomic E-state index is 0.429. The first-order chi connectivity index (χ1) is 10.1. The Morgan fingerprint density at radius 2 is 2.00 bits per heavy atom. The maximum atomic E-state index is 6.14. The number of hydrogen-bond acceptors (Lipinski definition) is 4. The van der Waals surface area contributed by atoms with Crippen LogP contribution in [0.3, 0.4) is 0 Å². The minimum absolute atomic E-state index is 0.429. The maximum Gasteiger partial charge on any atom is 0.260 e. The van der Waals surface area contributed by atoms with E-state index in [-0.39, 0.29) is 0 Å². The Bertz CT molecular complexity index is 783. The molecule has 0 fully saturated rings. The molecule has 3 aromatic rings. The van der Waals surface area contributed by atoms with E-state index in [9.17, 15) is 0 Å². The van der Waals surface area contributed by atoms with Crippen molar-refractivity contribution in [1.29, 1.82) is 0 Å². The van der Waals surface area contributed by atoms with Gasteiger partial charge in [-0.3, -0.25) is 0 Å². The molecule has 0 aliphatic carbocycles. The second-order valence-electron chi connectivity index (χ2n) is 4.87. The van der Waals surface area contributed by atoms with Crippen LogP contribution in [-0.4, -0.2) is 10.1 Å². The molecule has 5 heteroatoms. The van der Waals surface area contributed by atoms with Crippen molar-refractivity contribution in [3.05, 3.63) is 64.4 Å². The Balaban J connectivity index is 1.90. The van der Waals surface area contributed by atoms with Crippen LogP contribution in [0.4, 0.5) is 5.69 Å². The van der Waals surface area contributed by atoms with Gasteiger partial charge in [-0.1, -0.05) is 46.6 Å². The zero-order valence-electron chi connectivity index (χ0n) is 11.5. The summed E-state index contributed by atoms with van der Waals surface area (Å²) in [5, 5.41) is 4.69. The summed E-state index contributed by atoms with van der Waals surface area (Å²) in [6, 6.07) is 13.3. The summed E-state index contributed by atoms with van der Waals surface area (Å²) in [5.41, 5.74) is 9.38. The van der Waals surface area contributed by atoms with Crippen LogP contribution in [-0.2, 0) is 6.42 Å². The van der Waals surface area contributed by atoms with Crippen LogP contribution >= 0.6 is 11.6 Å². The lowest BCUT2D eigenvalue weighted by atomic mass is 10.1. The third kappa shape index (κ3) is 2.90. The molecule has 4 nitrogen and oxygen atoms in total. The van der Waals surface area contributed by atoms with Gasteiger partial charge in [0.1, 0.15) is 0 Å². The van der Waals surface area contributed by atoms with E-state index in [0.29, 0.717) is 28.8 Å². The lowest BCUT2D eigenvalue weighted by Gasteiger charge is -2.01. The number of rotatable bonds is 3. The Morgan fingerprint density at radius 3 is 2.81 bits per heavy atom. The second-order valence-corrected chi connectivity index (χ2v) is 5.28. The first-order valence-corrected chi connectivity index (χ1v) is 6.94. The molecule has 2 aromatic carbocycles. The lowest BCUT2D eigenvalue weighted by molar-refractivity contribution is 0.424. The van der Waals surface area contributed by atoms with E-state index in [1.54, 1.807) is 0 Å². The molecule has 1 heterocycles. The van der Waals surface area contributed by atoms with E-state index < -0.39 is 0 Å². The van der Waals surface area contributed by atoms with Crippen molar-refractivity contribution in [3.63, 3.8) is 0 Å². The third-order valence-electron chi connectivity index (χ3n) is 3.21. The fraction of sp³-hybridized carbons (Fsp3) is 0.125. The van der Waals surface area contributed by atoms with Crippen molar-refractivity contribution < 1.29 is 4.52 Å². The first-order valence-electron chi connectivity index (χ1n) is 6.56. The van der Waals surface area contributed by atoms with E-state index in [4.69, 9.17) is 21.9 Å². The summed E-state index contributed by atoms with van der Waals surface area (Å²) in [7, 11) is 0. The van der Waals surface area contributed by atoms with E-state index in [1.165, 1.54) is 0 Å². The highest BCUT2D eigenvalue weighted by atomic mass is 35.5. The molecule has 0 atom stereocenters. The lowest BCUT2D eigenvalue weighted by Crippen LogP contribution is -1.93. The molecule has 21 heavy (non-hydrogen) atoms. The Labute approximate surface area is 127 Å². The summed E-state index contributed by atoms with van der Waals surface area (Å²) >= 11 is 6.14. The maximum absolute atomic E-state index is 6.14. The molecule has 1 aromatic heterocycles. The molecule has 0 unspecified atom stereocenters. The molecular formula is C16H14ClN3O. The van der Waals surface area contributed by atoms with Gasteiger partial charge in [-0.25, -0.2) is 0 Å². The van der Waals surface area contributed by atoms with Crippen molar-refractivity contribution in [2.24, 2.45) is 0 Å². The fourth-order valence-corrected chi connectivity index (χ4v) is 2.31. The van der Waals surface area contributed by atoms with E-state index in [0.717, 1.165) is 16.7 Å². The normalized spacial score (nSPS) is 10.8. The van der Waals surface area contributed by atoms with Crippen LogP contribution in [0, 0.1) is 6.92 Å². The smallest absolute Gasteiger partial charge is 0.260 e. The van der Waals surface area contributed by atoms with Crippen molar-refractivity contribution in [2.45, 2.75) is 13.3 Å². The van der Waals surface area contributed by atoms with Crippen molar-refractivity contribution >= 4 is 17.3 Å². The molecular weight excluding hydrogens is 286 g/mol. The number of hydrogen-bond donors (Lipinski definition) is 1. The molecule has 0 bridgehead atoms. The predicted molar refractivity (Wildman–Crippen MR) is 83.1 cm³/mol. The second kappa shape index (κ2) is 5.58. The van der Waals surface area contributed by atoms with Gasteiger partial charge in [0.25, 0.3) is 5.89 Å². The van der Waals surface area contributed by atoms with Crippen LogP contribution in [0.2, 0.25) is 5.02 Å². The van der Waals surface area contributed by atoms with Gasteiger partial charge in [-0.2, -0.15) is 4.98 Å². The van der Waals surface area contributed by atoms with Crippen molar-refractivity contribution in [1.82, 2.24) is 10.1 Å². The van der Waals surface area contributed by atoms with Crippen LogP contribution in [0.15, 0.2) is 47.0 Å². The topological polar surface area (TPSA) is 64.9 Å². The van der Waals surface area contributed by atoms with Crippen LogP contribution < -0.4 is 5.73 Å². The summed E-state index contributed by atoms with van der Waals surface area (Å²) in [5.74, 6) is 1.01. The number of nitrogens with two attached hydrogens (primary N) is 1. The average molecular weight is 300 g/mol. The SMILES string of the molecule is Cc1ccc(N)c(-c2nc(Cc3ccccc3Cl)no2)c1. The number of nitrogen functional groups attached to an aromatic ring is 1. The molecule has 0 saturated carbocycles. The van der Waals surface area contributed by atoms with E-state index in [1.807, 2.05) is 49.4 Å². The summed E-state index contributed by atoms with van der Waals surface area (Å²) < 4.78 is 5.31. The zero-order valence-corrected chi connectivity index (χ0v) is 12.3. The number of halogens is 1. The quantitative estimate of drug-likeness (QED) is 0.746. The number of benzene rings is 2. The molecule has 0 aliphatic rings. The van der Waals surface area contributed by atoms with Gasteiger partial charge in [-0.05, 0) is 30.7 Å². The highest BCUT2D eigenvalue weighted by Gasteiger charge is 2.13. The van der Waals surface area contributed by atoms with E-state index in [2.05, 4.69) is 10.1 Å². The third-order valence-corrected chi connectivity index (χ3v) is 3.58. The van der Waals surface area contributed by atoms with Crippen LogP contribution in [0.1, 0.15) is 17.0 Å². The van der Waals surface area contributed by atoms with Gasteiger partial charge in [0, 0.05) is 17.1 Å². The number of nitrogens with zero attached hydrogens (tertiary/aromatic N) is 2. The largest absolute Gasteiger partial charge is 0.398 e. The highest BCUT2D eigenvalue weighted by molar-refractivity contribution is 6.31. The average Bonchev–Trinajstić information content (AvgIpc) is 2.92. The summed E-state index contributed by atoms with van der Waals surface area (Å²) in [6.07, 6.45) is 0.523. The molecule has 0 radical (unpaired) electrons. The molecule has 0 spiro atoms. The Morgan fingerprint density at radius 1 is 1.19 bits per heavy atom. The standard InChI is InChI=1S/C16H14ClN3O/c1-10-6-7-14(18)12(8-10)16-19-15(20-21-16)9-11-4-2-3-5-13(11)17/h2-8H,9,18H2,1H3. The Hall–Kier alpha value is -2.33. The fourth-order valence-electron chi connectivity index (χ4n) is 2.10. The molecule has 0 aliphatic heterocycles. The predicted octanol–water partition coefficient (Wildman–Crippen LogP) is 3.87. The van der Waals surface area contributed by atoms with Gasteiger partial charge in [0.15, 0.2) is 5.82 Å². The first kappa shape index (κ1) is 13.6. The molecule has 2 N–H and O–H groups in total. The van der Waals surface area contributed by atoms with Crippen molar-refractivity contribution in [3.8, 4) is 11.5 Å². The summed E-state index contributed by atoms with van der Waals surface area (Å²) in [4.78, 5) is 4.40. The highest BCUT2D eigenvalue weighted by Crippen LogP contribution is 2.26. The van der Waals surface area contributed by atoms with Crippen molar-refractivity contribution in [2.75, 3.05) is 5.73 Å². The minimum Gasteiger partial charge on any atom is -0.398 e. The van der Waals surface area contributed by atoms with Crippen LogP contribution in [0.5, 0.6) is 0 Å². The number of aromatic nitrogens is 2. The number of aryl methyl sites for hydroxylation is 1. The molecule has 0 amide bonds. The zero-order chi connectivity index (χ0) is 14.8. The number of anilines is 1. The van der Waals surface area contributed by atoms with Gasteiger partial charge in [0.05, 0.1) is 5.56 Å². The van der Waals surface area contributed by atoms with E-state index >= 15 is 0 Å². The summed E-state index contributed by atoms with van der Waals surface area (Å²) in [6.45, 7) is 1.99. The molecule has 0 saturated heterocycles. The van der Waals surface area contributed by atoms with Gasteiger partial charge in [0.2, 0.25) is 0 Å². The molecule has 106 valence electrons. The van der Waals surface area contributed by atoms with Gasteiger partial charge < -0.3 is 10.3 Å². The van der Waals surface area contributed by atoms with Gasteiger partial charge >= 0.3 is 0 Å². The van der Waals surface area contributed by atoms with Crippen LogP contribution in [0.25, 0.3) is 11.5 Å². The monoisotopic (exact) mass is 299 g/mol.